The van der Waals surface area contributed by atoms with Crippen molar-refractivity contribution < 1.29 is 0 Å². The van der Waals surface area contributed by atoms with E-state index < -0.39 is 0 Å². The molecule has 0 unspecified atom stereocenters. The summed E-state index contributed by atoms with van der Waals surface area (Å²) in [5.41, 5.74) is 0. The summed E-state index contributed by atoms with van der Waals surface area (Å²) >= 11 is 1.83. The largest absolute Gasteiger partial charge is 0.366 e. The van der Waals surface area contributed by atoms with Crippen LogP contribution in [0.15, 0.2) is 0 Å². The lowest BCUT2D eigenvalue weighted by Crippen LogP contribution is -2.23. The lowest BCUT2D eigenvalue weighted by molar-refractivity contribution is 0.615. The Labute approximate surface area is 73.9 Å². The number of nitrogens with zero attached hydrogens (tertiary/aromatic N) is 1. The molecular formula is C8H18N2S. The molecular weight excluding hydrogens is 156 g/mol. The van der Waals surface area contributed by atoms with E-state index in [1.54, 1.807) is 0 Å². The second-order valence-electron chi connectivity index (χ2n) is 3.25. The highest BCUT2D eigenvalue weighted by Gasteiger charge is 1.99. The van der Waals surface area contributed by atoms with E-state index in [4.69, 9.17) is 5.41 Å². The molecule has 0 aliphatic carbocycles. The van der Waals surface area contributed by atoms with Crippen molar-refractivity contribution in [3.8, 4) is 0 Å². The number of nitrogens with one attached hydrogen (secondary N) is 1. The normalized spacial score (nSPS) is 10.3. The molecule has 0 aromatic heterocycles. The maximum absolute atomic E-state index is 7.49. The van der Waals surface area contributed by atoms with E-state index >= 15 is 0 Å². The highest BCUT2D eigenvalue weighted by atomic mass is 32.2. The summed E-state index contributed by atoms with van der Waals surface area (Å²) in [4.78, 5) is 1.85. The minimum Gasteiger partial charge on any atom is -0.366 e. The molecule has 2 nitrogen and oxygen atoms in total. The topological polar surface area (TPSA) is 27.1 Å². The molecule has 0 bridgehead atoms. The molecule has 0 rings (SSSR count). The molecule has 0 heterocycles. The van der Waals surface area contributed by atoms with Gasteiger partial charge < -0.3 is 4.90 Å². The first-order valence-electron chi connectivity index (χ1n) is 3.86. The quantitative estimate of drug-likeness (QED) is 0.521. The van der Waals surface area contributed by atoms with Gasteiger partial charge in [0, 0.05) is 14.1 Å². The summed E-state index contributed by atoms with van der Waals surface area (Å²) in [5, 5.41) is 7.49. The number of rotatable bonds is 4. The summed E-state index contributed by atoms with van der Waals surface area (Å²) in [6.07, 6.45) is 0. The van der Waals surface area contributed by atoms with Crippen LogP contribution in [0.4, 0.5) is 0 Å². The molecule has 0 saturated heterocycles. The summed E-state index contributed by atoms with van der Waals surface area (Å²) in [7, 11) is 3.83. The summed E-state index contributed by atoms with van der Waals surface area (Å²) < 4.78 is 0. The molecule has 0 amide bonds. The van der Waals surface area contributed by atoms with E-state index in [9.17, 15) is 0 Å². The highest BCUT2D eigenvalue weighted by Crippen LogP contribution is 2.07. The van der Waals surface area contributed by atoms with Gasteiger partial charge in [-0.1, -0.05) is 13.8 Å². The smallest absolute Gasteiger partial charge is 0.105 e. The molecule has 0 aromatic rings. The van der Waals surface area contributed by atoms with Crippen LogP contribution in [-0.4, -0.2) is 36.3 Å². The number of amidine groups is 1. The van der Waals surface area contributed by atoms with Crippen LogP contribution in [0.1, 0.15) is 13.8 Å². The zero-order chi connectivity index (χ0) is 8.85. The van der Waals surface area contributed by atoms with Crippen molar-refractivity contribution in [1.82, 2.24) is 4.90 Å². The fourth-order valence-electron chi connectivity index (χ4n) is 0.520. The van der Waals surface area contributed by atoms with Crippen LogP contribution in [0.2, 0.25) is 0 Å². The van der Waals surface area contributed by atoms with Crippen LogP contribution in [0.3, 0.4) is 0 Å². The average molecular weight is 174 g/mol. The van der Waals surface area contributed by atoms with Gasteiger partial charge in [0.2, 0.25) is 0 Å². The Bertz CT molecular complexity index is 121. The average Bonchev–Trinajstić information content (AvgIpc) is 1.86. The number of hydrogen-bond acceptors (Lipinski definition) is 2. The van der Waals surface area contributed by atoms with Crippen molar-refractivity contribution in [2.75, 3.05) is 25.6 Å². The molecule has 0 atom stereocenters. The number of hydrogen-bond donors (Lipinski definition) is 1. The lowest BCUT2D eigenvalue weighted by atomic mass is 10.3. The van der Waals surface area contributed by atoms with Gasteiger partial charge in [-0.05, 0) is 11.7 Å². The van der Waals surface area contributed by atoms with E-state index in [0.29, 0.717) is 5.84 Å². The van der Waals surface area contributed by atoms with E-state index in [-0.39, 0.29) is 0 Å². The van der Waals surface area contributed by atoms with Crippen LogP contribution < -0.4 is 0 Å². The van der Waals surface area contributed by atoms with Crippen molar-refractivity contribution in [3.63, 3.8) is 0 Å². The van der Waals surface area contributed by atoms with E-state index in [0.717, 1.165) is 17.4 Å². The predicted molar refractivity (Wildman–Crippen MR) is 53.6 cm³/mol. The van der Waals surface area contributed by atoms with Gasteiger partial charge in [-0.2, -0.15) is 11.8 Å². The van der Waals surface area contributed by atoms with Crippen molar-refractivity contribution in [2.24, 2.45) is 5.92 Å². The molecule has 3 heteroatoms. The van der Waals surface area contributed by atoms with E-state index in [2.05, 4.69) is 13.8 Å². The van der Waals surface area contributed by atoms with Gasteiger partial charge in [-0.15, -0.1) is 0 Å². The van der Waals surface area contributed by atoms with Crippen LogP contribution in [0, 0.1) is 11.3 Å². The second kappa shape index (κ2) is 5.47. The fourth-order valence-corrected chi connectivity index (χ4v) is 1.56. The van der Waals surface area contributed by atoms with Crippen molar-refractivity contribution in [1.29, 1.82) is 5.41 Å². The van der Waals surface area contributed by atoms with Crippen molar-refractivity contribution in [2.45, 2.75) is 13.8 Å². The zero-order valence-corrected chi connectivity index (χ0v) is 8.66. The Hall–Kier alpha value is -0.180. The Morgan fingerprint density at radius 2 is 2.00 bits per heavy atom. The van der Waals surface area contributed by atoms with Gasteiger partial charge in [0.1, 0.15) is 5.84 Å². The Morgan fingerprint density at radius 1 is 1.45 bits per heavy atom. The van der Waals surface area contributed by atoms with Gasteiger partial charge >= 0.3 is 0 Å². The first kappa shape index (κ1) is 10.8. The van der Waals surface area contributed by atoms with Crippen molar-refractivity contribution >= 4 is 17.6 Å². The van der Waals surface area contributed by atoms with Gasteiger partial charge in [-0.3, -0.25) is 5.41 Å². The molecule has 0 aromatic carbocycles. The Morgan fingerprint density at radius 3 is 2.36 bits per heavy atom. The molecule has 0 aliphatic rings. The van der Waals surface area contributed by atoms with Crippen LogP contribution in [0.25, 0.3) is 0 Å². The third-order valence-electron chi connectivity index (χ3n) is 1.23. The lowest BCUT2D eigenvalue weighted by Gasteiger charge is -2.13. The molecule has 0 aliphatic heterocycles. The van der Waals surface area contributed by atoms with E-state index in [1.165, 1.54) is 0 Å². The standard InChI is InChI=1S/C8H18N2S/c1-7(2)5-11-6-8(9)10(3)4/h7,9H,5-6H2,1-4H3. The fraction of sp³-hybridized carbons (Fsp3) is 0.875. The summed E-state index contributed by atoms with van der Waals surface area (Å²) in [5.74, 6) is 3.42. The maximum atomic E-state index is 7.49. The monoisotopic (exact) mass is 174 g/mol. The predicted octanol–water partition coefficient (Wildman–Crippen LogP) is 1.91. The second-order valence-corrected chi connectivity index (χ2v) is 4.28. The Balaban J connectivity index is 3.32. The minimum absolute atomic E-state index is 0.704. The molecule has 66 valence electrons. The molecule has 11 heavy (non-hydrogen) atoms. The third kappa shape index (κ3) is 6.23. The first-order chi connectivity index (χ1) is 5.04. The first-order valence-corrected chi connectivity index (χ1v) is 5.02. The van der Waals surface area contributed by atoms with Crippen LogP contribution in [-0.2, 0) is 0 Å². The van der Waals surface area contributed by atoms with Gasteiger partial charge in [0.15, 0.2) is 0 Å². The third-order valence-corrected chi connectivity index (χ3v) is 2.61. The van der Waals surface area contributed by atoms with E-state index in [1.807, 2.05) is 30.8 Å². The number of thioether (sulfide) groups is 1. The van der Waals surface area contributed by atoms with Crippen LogP contribution in [0.5, 0.6) is 0 Å². The van der Waals surface area contributed by atoms with Crippen molar-refractivity contribution in [3.05, 3.63) is 0 Å². The summed E-state index contributed by atoms with van der Waals surface area (Å²) in [6.45, 7) is 4.40. The molecule has 0 fully saturated rings. The molecule has 0 radical (unpaired) electrons. The van der Waals surface area contributed by atoms with Crippen LogP contribution >= 0.6 is 11.8 Å². The Kier molecular flexibility index (Phi) is 5.38. The minimum atomic E-state index is 0.704. The van der Waals surface area contributed by atoms with Gasteiger partial charge in [-0.25, -0.2) is 0 Å². The van der Waals surface area contributed by atoms with Gasteiger partial charge in [0.25, 0.3) is 0 Å². The SMILES string of the molecule is CC(C)CSCC(=N)N(C)C. The highest BCUT2D eigenvalue weighted by molar-refractivity contribution is 7.99. The molecule has 0 spiro atoms. The maximum Gasteiger partial charge on any atom is 0.105 e. The molecule has 0 saturated carbocycles. The zero-order valence-electron chi connectivity index (χ0n) is 7.85. The van der Waals surface area contributed by atoms with Gasteiger partial charge in [0.05, 0.1) is 5.75 Å². The molecule has 1 N–H and O–H groups in total. The summed E-state index contributed by atoms with van der Waals surface area (Å²) in [6, 6.07) is 0.